The molecule has 124 valence electrons. The van der Waals surface area contributed by atoms with Gasteiger partial charge in [0.05, 0.1) is 5.69 Å². The zero-order valence-corrected chi connectivity index (χ0v) is 14.2. The van der Waals surface area contributed by atoms with Crippen LogP contribution in [0, 0.1) is 6.92 Å². The summed E-state index contributed by atoms with van der Waals surface area (Å²) in [4.78, 5) is 13.1. The van der Waals surface area contributed by atoms with Gasteiger partial charge in [0.25, 0.3) is 5.89 Å². The van der Waals surface area contributed by atoms with Crippen LogP contribution >= 0.6 is 0 Å². The maximum absolute atomic E-state index is 5.47. The van der Waals surface area contributed by atoms with Gasteiger partial charge in [-0.05, 0) is 43.7 Å². The minimum absolute atomic E-state index is 0.427. The van der Waals surface area contributed by atoms with Gasteiger partial charge in [0.1, 0.15) is 5.70 Å². The van der Waals surface area contributed by atoms with Crippen molar-refractivity contribution in [1.29, 1.82) is 0 Å². The van der Waals surface area contributed by atoms with E-state index in [1.165, 1.54) is 0 Å². The summed E-state index contributed by atoms with van der Waals surface area (Å²) in [5.74, 6) is 0.877. The van der Waals surface area contributed by atoms with Gasteiger partial charge in [-0.3, -0.25) is 9.98 Å². The van der Waals surface area contributed by atoms with E-state index < -0.39 is 0 Å². The first-order chi connectivity index (χ1) is 12.2. The van der Waals surface area contributed by atoms with Crippen molar-refractivity contribution < 1.29 is 4.52 Å². The van der Waals surface area contributed by atoms with Crippen LogP contribution in [0.25, 0.3) is 28.4 Å². The number of pyridine rings is 1. The Labute approximate surface area is 146 Å². The fourth-order valence-electron chi connectivity index (χ4n) is 2.41. The summed E-state index contributed by atoms with van der Waals surface area (Å²) < 4.78 is 5.47. The van der Waals surface area contributed by atoms with Crippen molar-refractivity contribution in [2.45, 2.75) is 13.8 Å². The number of aryl methyl sites for hydroxylation is 1. The molecule has 1 aromatic carbocycles. The van der Waals surface area contributed by atoms with Gasteiger partial charge in [-0.1, -0.05) is 36.0 Å². The van der Waals surface area contributed by atoms with Crippen LogP contribution in [-0.2, 0) is 0 Å². The maximum Gasteiger partial charge on any atom is 0.258 e. The third-order valence-electron chi connectivity index (χ3n) is 3.63. The van der Waals surface area contributed by atoms with Gasteiger partial charge in [-0.25, -0.2) is 0 Å². The van der Waals surface area contributed by atoms with Crippen LogP contribution in [0.4, 0.5) is 0 Å². The van der Waals surface area contributed by atoms with E-state index in [1.54, 1.807) is 24.6 Å². The molecular weight excluding hydrogens is 312 g/mol. The van der Waals surface area contributed by atoms with Gasteiger partial charge >= 0.3 is 0 Å². The second-order valence-corrected chi connectivity index (χ2v) is 5.34. The molecule has 0 N–H and O–H groups in total. The molecule has 3 aromatic rings. The predicted octanol–water partition coefficient (Wildman–Crippen LogP) is 4.72. The Bertz CT molecular complexity index is 939. The van der Waals surface area contributed by atoms with Gasteiger partial charge in [0, 0.05) is 23.5 Å². The number of benzene rings is 1. The van der Waals surface area contributed by atoms with Crippen LogP contribution < -0.4 is 0 Å². The van der Waals surface area contributed by atoms with E-state index in [4.69, 9.17) is 4.52 Å². The Morgan fingerprint density at radius 1 is 1.24 bits per heavy atom. The smallest absolute Gasteiger partial charge is 0.258 e. The minimum Gasteiger partial charge on any atom is -0.334 e. The molecule has 2 aromatic heterocycles. The van der Waals surface area contributed by atoms with E-state index in [9.17, 15) is 0 Å². The summed E-state index contributed by atoms with van der Waals surface area (Å²) in [5.41, 5.74) is 4.41. The largest absolute Gasteiger partial charge is 0.334 e. The first-order valence-corrected chi connectivity index (χ1v) is 7.91. The van der Waals surface area contributed by atoms with Crippen LogP contribution in [0.15, 0.2) is 70.8 Å². The predicted molar refractivity (Wildman–Crippen MR) is 100 cm³/mol. The lowest BCUT2D eigenvalue weighted by atomic mass is 10.0. The highest BCUT2D eigenvalue weighted by molar-refractivity contribution is 5.73. The van der Waals surface area contributed by atoms with Crippen LogP contribution in [0.2, 0.25) is 0 Å². The normalized spacial score (nSPS) is 11.8. The molecule has 0 unspecified atom stereocenters. The summed E-state index contributed by atoms with van der Waals surface area (Å²) in [6, 6.07) is 11.9. The van der Waals surface area contributed by atoms with Crippen molar-refractivity contribution in [3.05, 3.63) is 72.7 Å². The summed E-state index contributed by atoms with van der Waals surface area (Å²) in [5, 5.41) is 4.04. The Morgan fingerprint density at radius 2 is 2.12 bits per heavy atom. The molecule has 0 aliphatic rings. The maximum atomic E-state index is 5.47. The molecule has 0 saturated carbocycles. The van der Waals surface area contributed by atoms with E-state index in [-0.39, 0.29) is 0 Å². The highest BCUT2D eigenvalue weighted by atomic mass is 16.5. The lowest BCUT2D eigenvalue weighted by Gasteiger charge is -2.05. The molecule has 0 aliphatic carbocycles. The Hall–Kier alpha value is -3.34. The highest BCUT2D eigenvalue weighted by Crippen LogP contribution is 2.28. The molecule has 0 amide bonds. The van der Waals surface area contributed by atoms with E-state index in [2.05, 4.69) is 26.7 Å². The van der Waals surface area contributed by atoms with Crippen molar-refractivity contribution in [2.24, 2.45) is 4.99 Å². The van der Waals surface area contributed by atoms with Crippen molar-refractivity contribution in [1.82, 2.24) is 15.1 Å². The number of nitrogens with zero attached hydrogens (tertiary/aromatic N) is 4. The first kappa shape index (κ1) is 16.5. The summed E-state index contributed by atoms with van der Waals surface area (Å²) in [7, 11) is 0. The van der Waals surface area contributed by atoms with E-state index >= 15 is 0 Å². The molecule has 0 bridgehead atoms. The quantitative estimate of drug-likeness (QED) is 0.501. The third kappa shape index (κ3) is 3.61. The zero-order chi connectivity index (χ0) is 17.6. The average molecular weight is 330 g/mol. The van der Waals surface area contributed by atoms with Gasteiger partial charge in [0.2, 0.25) is 5.82 Å². The standard InChI is InChI=1S/C20H18N4O/c1-4-8-18(21-5-2)19-23-20(25-24-19)16-13-15(11-10-14(16)3)17-9-6-7-12-22-17/h4-13H,1H2,2-3H3/b18-8-,21-5-. The fraction of sp³-hybridized carbons (Fsp3) is 0.100. The zero-order valence-electron chi connectivity index (χ0n) is 14.2. The van der Waals surface area contributed by atoms with Gasteiger partial charge < -0.3 is 4.52 Å². The van der Waals surface area contributed by atoms with Crippen molar-refractivity contribution in [3.8, 4) is 22.7 Å². The topological polar surface area (TPSA) is 64.2 Å². The average Bonchev–Trinajstić information content (AvgIpc) is 3.12. The van der Waals surface area contributed by atoms with Crippen LogP contribution in [0.3, 0.4) is 0 Å². The number of allylic oxidation sites excluding steroid dienone is 2. The van der Waals surface area contributed by atoms with Gasteiger partial charge in [0.15, 0.2) is 0 Å². The molecule has 5 nitrogen and oxygen atoms in total. The van der Waals surface area contributed by atoms with E-state index in [1.807, 2.05) is 50.2 Å². The number of hydrogen-bond acceptors (Lipinski definition) is 5. The fourth-order valence-corrected chi connectivity index (χ4v) is 2.41. The molecule has 0 aliphatic heterocycles. The van der Waals surface area contributed by atoms with E-state index in [0.29, 0.717) is 17.4 Å². The molecule has 0 fully saturated rings. The Kier molecular flexibility index (Phi) is 4.95. The monoisotopic (exact) mass is 330 g/mol. The van der Waals surface area contributed by atoms with Gasteiger partial charge in [-0.2, -0.15) is 4.98 Å². The summed E-state index contributed by atoms with van der Waals surface area (Å²) >= 11 is 0. The molecule has 0 saturated heterocycles. The second kappa shape index (κ2) is 7.49. The SMILES string of the molecule is C=C/C=C(\N=C/C)c1noc(-c2cc(-c3ccccn3)ccc2C)n1. The number of aliphatic imine (C=N–C) groups is 1. The van der Waals surface area contributed by atoms with Crippen molar-refractivity contribution >= 4 is 11.9 Å². The van der Waals surface area contributed by atoms with Crippen LogP contribution in [0.5, 0.6) is 0 Å². The summed E-state index contributed by atoms with van der Waals surface area (Å²) in [6.07, 6.45) is 6.84. The number of hydrogen-bond donors (Lipinski definition) is 0. The first-order valence-electron chi connectivity index (χ1n) is 7.91. The van der Waals surface area contributed by atoms with Crippen molar-refractivity contribution in [3.63, 3.8) is 0 Å². The minimum atomic E-state index is 0.427. The molecule has 0 atom stereocenters. The highest BCUT2D eigenvalue weighted by Gasteiger charge is 2.14. The molecule has 25 heavy (non-hydrogen) atoms. The lowest BCUT2D eigenvalue weighted by Crippen LogP contribution is -1.89. The third-order valence-corrected chi connectivity index (χ3v) is 3.63. The number of aromatic nitrogens is 3. The van der Waals surface area contributed by atoms with Gasteiger partial charge in [-0.15, -0.1) is 0 Å². The Balaban J connectivity index is 2.03. The summed E-state index contributed by atoms with van der Waals surface area (Å²) in [6.45, 7) is 7.53. The lowest BCUT2D eigenvalue weighted by molar-refractivity contribution is 0.428. The van der Waals surface area contributed by atoms with Crippen LogP contribution in [0.1, 0.15) is 18.3 Å². The van der Waals surface area contributed by atoms with Crippen molar-refractivity contribution in [2.75, 3.05) is 0 Å². The molecule has 5 heteroatoms. The van der Waals surface area contributed by atoms with E-state index in [0.717, 1.165) is 22.4 Å². The molecular formula is C20H18N4O. The van der Waals surface area contributed by atoms with Crippen LogP contribution in [-0.4, -0.2) is 21.3 Å². The molecule has 0 radical (unpaired) electrons. The Morgan fingerprint density at radius 3 is 2.84 bits per heavy atom. The molecule has 2 heterocycles. The second-order valence-electron chi connectivity index (χ2n) is 5.34. The number of rotatable bonds is 5. The molecule has 0 spiro atoms. The molecule has 3 rings (SSSR count).